The van der Waals surface area contributed by atoms with Crippen molar-refractivity contribution >= 4 is 17.5 Å². The molecule has 7 nitrogen and oxygen atoms in total. The number of hydrogen-bond donors (Lipinski definition) is 2. The fourth-order valence-corrected chi connectivity index (χ4v) is 1.75. The Kier molecular flexibility index (Phi) is 5.26. The van der Waals surface area contributed by atoms with E-state index in [9.17, 15) is 17.7 Å². The molecule has 16 heavy (non-hydrogen) atoms. The van der Waals surface area contributed by atoms with Gasteiger partial charge in [-0.25, -0.2) is 0 Å². The van der Waals surface area contributed by atoms with Crippen LogP contribution in [0.3, 0.4) is 0 Å². The third kappa shape index (κ3) is 2.64. The molecule has 0 spiro atoms. The average Bonchev–Trinajstić information content (AvgIpc) is 2.22. The minimum absolute atomic E-state index is 0.525. The zero-order chi connectivity index (χ0) is 12.9. The third-order valence-corrected chi connectivity index (χ3v) is 2.36. The van der Waals surface area contributed by atoms with Gasteiger partial charge < -0.3 is 0 Å². The number of carbonyl (C=O) groups excluding carboxylic acids is 2. The summed E-state index contributed by atoms with van der Waals surface area (Å²) in [6.07, 6.45) is 1.05. The molecule has 8 heteroatoms. The first-order valence-electron chi connectivity index (χ1n) is 3.82. The summed E-state index contributed by atoms with van der Waals surface area (Å²) in [5.41, 5.74) is -3.05. The average molecular weight is 264 g/mol. The second kappa shape index (κ2) is 5.71. The summed E-state index contributed by atoms with van der Waals surface area (Å²) in [5, 5.41) is 8.79. The van der Waals surface area contributed by atoms with Crippen LogP contribution in [0.25, 0.3) is 0 Å². The van der Waals surface area contributed by atoms with Crippen LogP contribution in [0.1, 0.15) is 0 Å². The van der Waals surface area contributed by atoms with Crippen molar-refractivity contribution in [3.63, 3.8) is 0 Å². The summed E-state index contributed by atoms with van der Waals surface area (Å²) in [5.74, 6) is -4.66. The van der Waals surface area contributed by atoms with Crippen molar-refractivity contribution in [2.75, 3.05) is 0 Å². The Morgan fingerprint density at radius 3 is 1.75 bits per heavy atom. The van der Waals surface area contributed by atoms with Gasteiger partial charge in [0.05, 0.1) is 0 Å². The van der Waals surface area contributed by atoms with E-state index in [1.165, 1.54) is 0 Å². The van der Waals surface area contributed by atoms with E-state index in [4.69, 9.17) is 8.79 Å². The van der Waals surface area contributed by atoms with Gasteiger partial charge in [0, 0.05) is 0 Å². The molecule has 0 aliphatic heterocycles. The summed E-state index contributed by atoms with van der Waals surface area (Å²) < 4.78 is 23.3. The molecule has 0 atom stereocenters. The van der Waals surface area contributed by atoms with Crippen molar-refractivity contribution in [1.82, 2.24) is 0 Å². The number of carboxylic acids is 1. The zero-order valence-corrected chi connectivity index (χ0v) is 9.57. The van der Waals surface area contributed by atoms with E-state index in [2.05, 4.69) is 16.5 Å². The van der Waals surface area contributed by atoms with Crippen molar-refractivity contribution < 1.29 is 48.4 Å². The first-order chi connectivity index (χ1) is 7.32. The van der Waals surface area contributed by atoms with Crippen molar-refractivity contribution in [2.45, 2.75) is 5.60 Å². The SMILES string of the molecule is C=CC(=O)C([O][Ti](=[O])[OH])(C(=O)O)C(=O)C=C. The molecule has 0 amide bonds. The van der Waals surface area contributed by atoms with Gasteiger partial charge in [0.2, 0.25) is 0 Å². The quantitative estimate of drug-likeness (QED) is 0.348. The molecule has 0 aromatic carbocycles. The maximum atomic E-state index is 11.3. The molecule has 0 aliphatic rings. The van der Waals surface area contributed by atoms with E-state index < -0.39 is 41.8 Å². The molecular weight excluding hydrogens is 256 g/mol. The Morgan fingerprint density at radius 1 is 1.19 bits per heavy atom. The Labute approximate surface area is 97.1 Å². The van der Waals surface area contributed by atoms with Crippen molar-refractivity contribution in [3.05, 3.63) is 25.3 Å². The van der Waals surface area contributed by atoms with Crippen LogP contribution >= 0.6 is 0 Å². The van der Waals surface area contributed by atoms with Gasteiger partial charge in [-0.15, -0.1) is 0 Å². The fraction of sp³-hybridized carbons (Fsp3) is 0.125. The molecule has 0 radical (unpaired) electrons. The van der Waals surface area contributed by atoms with Crippen molar-refractivity contribution in [1.29, 1.82) is 0 Å². The van der Waals surface area contributed by atoms with Crippen LogP contribution in [0.15, 0.2) is 25.3 Å². The second-order valence-electron chi connectivity index (χ2n) is 2.49. The van der Waals surface area contributed by atoms with Gasteiger partial charge in [-0.2, -0.15) is 0 Å². The Balaban J connectivity index is 5.75. The predicted molar refractivity (Wildman–Crippen MR) is 44.8 cm³/mol. The molecule has 0 unspecified atom stereocenters. The van der Waals surface area contributed by atoms with E-state index in [1.54, 1.807) is 0 Å². The van der Waals surface area contributed by atoms with Gasteiger partial charge in [0.15, 0.2) is 0 Å². The molecule has 0 saturated carbocycles. The number of carbonyl (C=O) groups is 3. The standard InChI is InChI=1S/C8H7O5.H2O.O.Ti/c1-3-5(9)8(13,7(11)12)6(10)4-2;;;/h3-4H,1-2H2,(H,11,12);1H2;;/q-1;;;+2/p-1. The molecule has 86 valence electrons. The molecule has 2 N–H and O–H groups in total. The van der Waals surface area contributed by atoms with Crippen LogP contribution in [0.4, 0.5) is 0 Å². The number of rotatable bonds is 7. The maximum absolute atomic E-state index is 11.3. The van der Waals surface area contributed by atoms with E-state index in [0.29, 0.717) is 12.2 Å². The molecule has 0 aliphatic carbocycles. The van der Waals surface area contributed by atoms with E-state index in [0.717, 1.165) is 0 Å². The molecule has 0 bridgehead atoms. The number of carboxylic acid groups (broad SMARTS) is 1. The van der Waals surface area contributed by atoms with Crippen LogP contribution in [-0.4, -0.2) is 31.9 Å². The summed E-state index contributed by atoms with van der Waals surface area (Å²) in [4.78, 5) is 33.5. The summed E-state index contributed by atoms with van der Waals surface area (Å²) in [6.45, 7) is 5.98. The molecular formula is C8H8O7Ti. The Hall–Kier alpha value is -1.28. The first-order valence-corrected chi connectivity index (χ1v) is 5.79. The molecule has 0 aromatic rings. The van der Waals surface area contributed by atoms with Gasteiger partial charge in [-0.1, -0.05) is 0 Å². The summed E-state index contributed by atoms with van der Waals surface area (Å²) >= 11 is -4.42. The first kappa shape index (κ1) is 14.7. The minimum atomic E-state index is -4.42. The number of aliphatic carboxylic acids is 1. The van der Waals surface area contributed by atoms with Crippen molar-refractivity contribution in [2.24, 2.45) is 0 Å². The molecule has 0 saturated heterocycles. The van der Waals surface area contributed by atoms with E-state index >= 15 is 0 Å². The van der Waals surface area contributed by atoms with Gasteiger partial charge in [-0.05, 0) is 0 Å². The molecule has 0 heterocycles. The molecule has 0 rings (SSSR count). The topological polar surface area (TPSA) is 118 Å². The van der Waals surface area contributed by atoms with Gasteiger partial charge >= 0.3 is 96.9 Å². The van der Waals surface area contributed by atoms with Crippen LogP contribution in [-0.2, 0) is 39.6 Å². The number of hydrogen-bond acceptors (Lipinski definition) is 5. The zero-order valence-electron chi connectivity index (χ0n) is 8.00. The Morgan fingerprint density at radius 2 is 1.56 bits per heavy atom. The monoisotopic (exact) mass is 264 g/mol. The Bertz CT molecular complexity index is 364. The van der Waals surface area contributed by atoms with E-state index in [1.807, 2.05) is 0 Å². The normalized spacial score (nSPS) is 10.3. The van der Waals surface area contributed by atoms with Gasteiger partial charge in [0.25, 0.3) is 0 Å². The number of ketones is 2. The van der Waals surface area contributed by atoms with Crippen molar-refractivity contribution in [3.8, 4) is 0 Å². The van der Waals surface area contributed by atoms with Gasteiger partial charge in [-0.3, -0.25) is 0 Å². The fourth-order valence-electron chi connectivity index (χ4n) is 0.895. The molecule has 0 aromatic heterocycles. The van der Waals surface area contributed by atoms with Crippen LogP contribution in [0, 0.1) is 0 Å². The van der Waals surface area contributed by atoms with E-state index in [-0.39, 0.29) is 0 Å². The predicted octanol–water partition coefficient (Wildman–Crippen LogP) is -0.877. The molecule has 0 fully saturated rings. The summed E-state index contributed by atoms with van der Waals surface area (Å²) in [6, 6.07) is 0. The van der Waals surface area contributed by atoms with Crippen LogP contribution in [0.2, 0.25) is 0 Å². The van der Waals surface area contributed by atoms with Gasteiger partial charge in [0.1, 0.15) is 0 Å². The van der Waals surface area contributed by atoms with Crippen LogP contribution in [0.5, 0.6) is 0 Å². The van der Waals surface area contributed by atoms with Crippen LogP contribution < -0.4 is 0 Å². The summed E-state index contributed by atoms with van der Waals surface area (Å²) in [7, 11) is 0. The second-order valence-corrected chi connectivity index (χ2v) is 3.64. The third-order valence-electron chi connectivity index (χ3n) is 1.61.